The summed E-state index contributed by atoms with van der Waals surface area (Å²) in [5, 5.41) is 12.6. The molecule has 0 saturated carbocycles. The van der Waals surface area contributed by atoms with Gasteiger partial charge in [-0.05, 0) is 63.1 Å². The van der Waals surface area contributed by atoms with Crippen LogP contribution in [0.15, 0.2) is 40.9 Å². The molecule has 0 fully saturated rings. The molecule has 1 aromatic heterocycles. The molecule has 7 heteroatoms. The molecule has 1 heterocycles. The van der Waals surface area contributed by atoms with Crippen molar-refractivity contribution >= 4 is 33.2 Å². The first kappa shape index (κ1) is 14.0. The Kier molecular flexibility index (Phi) is 3.65. The Morgan fingerprint density at radius 3 is 2.81 bits per heavy atom. The van der Waals surface area contributed by atoms with Gasteiger partial charge in [0.05, 0.1) is 5.69 Å². The van der Waals surface area contributed by atoms with E-state index >= 15 is 0 Å². The van der Waals surface area contributed by atoms with Gasteiger partial charge < -0.3 is 5.73 Å². The number of nitrogen functional groups attached to an aromatic ring is 1. The van der Waals surface area contributed by atoms with E-state index in [-0.39, 0.29) is 0 Å². The second-order valence-corrected chi connectivity index (χ2v) is 5.82. The maximum Gasteiger partial charge on any atom is 0.187 e. The minimum Gasteiger partial charge on any atom is -0.398 e. The van der Waals surface area contributed by atoms with Crippen LogP contribution in [0.1, 0.15) is 5.56 Å². The molecule has 3 aromatic rings. The summed E-state index contributed by atoms with van der Waals surface area (Å²) in [6, 6.07) is 11.1. The molecule has 3 rings (SSSR count). The molecule has 0 aliphatic carbocycles. The number of nitrogens with zero attached hydrogens (tertiary/aromatic N) is 4. The van der Waals surface area contributed by atoms with Gasteiger partial charge in [0.15, 0.2) is 5.82 Å². The normalized spacial score (nSPS) is 10.8. The first-order valence-electron chi connectivity index (χ1n) is 6.17. The van der Waals surface area contributed by atoms with E-state index < -0.39 is 0 Å². The lowest BCUT2D eigenvalue weighted by Gasteiger charge is -2.10. The zero-order chi connectivity index (χ0) is 15.0. The monoisotopic (exact) mass is 363 g/mol. The van der Waals surface area contributed by atoms with Gasteiger partial charge in [-0.3, -0.25) is 0 Å². The average molecular weight is 365 g/mol. The largest absolute Gasteiger partial charge is 0.398 e. The van der Waals surface area contributed by atoms with Gasteiger partial charge in [0.2, 0.25) is 0 Å². The van der Waals surface area contributed by atoms with Crippen molar-refractivity contribution in [2.45, 2.75) is 6.92 Å². The Morgan fingerprint density at radius 1 is 1.24 bits per heavy atom. The van der Waals surface area contributed by atoms with Crippen molar-refractivity contribution in [2.24, 2.45) is 0 Å². The Bertz CT molecular complexity index is 815. The minimum absolute atomic E-state index is 0.628. The predicted octanol–water partition coefficient (Wildman–Crippen LogP) is 3.64. The van der Waals surface area contributed by atoms with Gasteiger partial charge in [0.1, 0.15) is 0 Å². The highest BCUT2D eigenvalue weighted by Crippen LogP contribution is 2.30. The zero-order valence-electron chi connectivity index (χ0n) is 11.1. The molecule has 0 aliphatic rings. The van der Waals surface area contributed by atoms with E-state index in [0.29, 0.717) is 16.5 Å². The molecule has 2 N–H and O–H groups in total. The van der Waals surface area contributed by atoms with Gasteiger partial charge in [-0.15, -0.1) is 5.10 Å². The summed E-state index contributed by atoms with van der Waals surface area (Å²) in [4.78, 5) is 0. The quantitative estimate of drug-likeness (QED) is 0.705. The van der Waals surface area contributed by atoms with Crippen LogP contribution in [0.5, 0.6) is 0 Å². The highest BCUT2D eigenvalue weighted by atomic mass is 79.9. The van der Waals surface area contributed by atoms with Crippen molar-refractivity contribution in [1.82, 2.24) is 20.2 Å². The van der Waals surface area contributed by atoms with Crippen molar-refractivity contribution in [3.05, 3.63) is 51.5 Å². The summed E-state index contributed by atoms with van der Waals surface area (Å²) < 4.78 is 2.47. The molecular weight excluding hydrogens is 354 g/mol. The number of hydrogen-bond acceptors (Lipinski definition) is 4. The number of benzene rings is 2. The van der Waals surface area contributed by atoms with Gasteiger partial charge in [-0.25, -0.2) is 0 Å². The molecule has 106 valence electrons. The number of tetrazole rings is 1. The summed E-state index contributed by atoms with van der Waals surface area (Å²) in [6.45, 7) is 1.95. The van der Waals surface area contributed by atoms with Gasteiger partial charge in [0.25, 0.3) is 0 Å². The topological polar surface area (TPSA) is 69.6 Å². The van der Waals surface area contributed by atoms with Gasteiger partial charge in [-0.2, -0.15) is 4.68 Å². The Hall–Kier alpha value is -1.92. The van der Waals surface area contributed by atoms with Crippen molar-refractivity contribution in [3.63, 3.8) is 0 Å². The number of rotatable bonds is 2. The fourth-order valence-electron chi connectivity index (χ4n) is 2.07. The molecule has 5 nitrogen and oxygen atoms in total. The molecule has 21 heavy (non-hydrogen) atoms. The maximum absolute atomic E-state index is 5.97. The molecule has 0 bridgehead atoms. The molecule has 0 spiro atoms. The molecule has 0 unspecified atom stereocenters. The average Bonchev–Trinajstić information content (AvgIpc) is 2.91. The van der Waals surface area contributed by atoms with Crippen molar-refractivity contribution in [3.8, 4) is 17.1 Å². The Balaban J connectivity index is 2.20. The smallest absolute Gasteiger partial charge is 0.187 e. The lowest BCUT2D eigenvalue weighted by molar-refractivity contribution is 0.789. The van der Waals surface area contributed by atoms with E-state index in [1.54, 1.807) is 16.8 Å². The molecule has 0 saturated heterocycles. The molecule has 0 aliphatic heterocycles. The Morgan fingerprint density at radius 2 is 2.05 bits per heavy atom. The highest BCUT2D eigenvalue weighted by molar-refractivity contribution is 9.10. The van der Waals surface area contributed by atoms with Gasteiger partial charge in [0, 0.05) is 20.7 Å². The van der Waals surface area contributed by atoms with Crippen LogP contribution >= 0.6 is 27.5 Å². The van der Waals surface area contributed by atoms with Crippen molar-refractivity contribution in [2.75, 3.05) is 5.73 Å². The van der Waals surface area contributed by atoms with E-state index in [1.807, 2.05) is 31.2 Å². The van der Waals surface area contributed by atoms with Crippen molar-refractivity contribution in [1.29, 1.82) is 0 Å². The first-order valence-corrected chi connectivity index (χ1v) is 7.34. The van der Waals surface area contributed by atoms with Crippen LogP contribution in [0.3, 0.4) is 0 Å². The number of hydrogen-bond donors (Lipinski definition) is 1. The number of aromatic nitrogens is 4. The van der Waals surface area contributed by atoms with Crippen LogP contribution in [-0.2, 0) is 0 Å². The number of nitrogens with two attached hydrogens (primary N) is 1. The second kappa shape index (κ2) is 5.46. The van der Waals surface area contributed by atoms with Crippen LogP contribution in [0.25, 0.3) is 17.1 Å². The summed E-state index contributed by atoms with van der Waals surface area (Å²) in [5.74, 6) is 0.628. The van der Waals surface area contributed by atoms with Crippen LogP contribution in [-0.4, -0.2) is 20.2 Å². The number of halogens is 2. The molecule has 2 aromatic carbocycles. The molecular formula is C14H11BrClN5. The predicted molar refractivity (Wildman–Crippen MR) is 86.4 cm³/mol. The SMILES string of the molecule is Cc1c(N)cccc1-c1nnnn1-c1ccc(Cl)cc1Br. The van der Waals surface area contributed by atoms with E-state index in [2.05, 4.69) is 31.5 Å². The fourth-order valence-corrected chi connectivity index (χ4v) is 2.92. The molecule has 0 amide bonds. The van der Waals surface area contributed by atoms with Crippen LogP contribution in [0.2, 0.25) is 5.02 Å². The highest BCUT2D eigenvalue weighted by Gasteiger charge is 2.15. The summed E-state index contributed by atoms with van der Waals surface area (Å²) in [5.41, 5.74) is 9.31. The van der Waals surface area contributed by atoms with E-state index in [9.17, 15) is 0 Å². The lowest BCUT2D eigenvalue weighted by atomic mass is 10.1. The minimum atomic E-state index is 0.628. The summed E-state index contributed by atoms with van der Waals surface area (Å²) in [7, 11) is 0. The van der Waals surface area contributed by atoms with E-state index in [0.717, 1.165) is 21.3 Å². The standard InChI is InChI=1S/C14H11BrClN5/c1-8-10(3-2-4-12(8)17)14-18-19-20-21(14)13-6-5-9(16)7-11(13)15/h2-7H,17H2,1H3. The molecule has 0 atom stereocenters. The van der Waals surface area contributed by atoms with Gasteiger partial charge in [-0.1, -0.05) is 23.7 Å². The van der Waals surface area contributed by atoms with E-state index in [4.69, 9.17) is 17.3 Å². The third-order valence-electron chi connectivity index (χ3n) is 3.22. The fraction of sp³-hybridized carbons (Fsp3) is 0.0714. The second-order valence-electron chi connectivity index (χ2n) is 4.53. The lowest BCUT2D eigenvalue weighted by Crippen LogP contribution is -2.02. The van der Waals surface area contributed by atoms with E-state index in [1.165, 1.54) is 0 Å². The van der Waals surface area contributed by atoms with Gasteiger partial charge >= 0.3 is 0 Å². The Labute approximate surface area is 134 Å². The summed E-state index contributed by atoms with van der Waals surface area (Å²) in [6.07, 6.45) is 0. The third-order valence-corrected chi connectivity index (χ3v) is 4.09. The van der Waals surface area contributed by atoms with Crippen LogP contribution < -0.4 is 5.73 Å². The zero-order valence-corrected chi connectivity index (χ0v) is 13.4. The van der Waals surface area contributed by atoms with Crippen LogP contribution in [0, 0.1) is 6.92 Å². The van der Waals surface area contributed by atoms with Crippen LogP contribution in [0.4, 0.5) is 5.69 Å². The third kappa shape index (κ3) is 2.52. The maximum atomic E-state index is 5.97. The van der Waals surface area contributed by atoms with Crippen molar-refractivity contribution < 1.29 is 0 Å². The number of anilines is 1. The summed E-state index contributed by atoms with van der Waals surface area (Å²) >= 11 is 9.46. The molecule has 0 radical (unpaired) electrons. The first-order chi connectivity index (χ1) is 10.1.